The van der Waals surface area contributed by atoms with E-state index in [1.54, 1.807) is 0 Å². The Morgan fingerprint density at radius 3 is 2.36 bits per heavy atom. The molecule has 0 N–H and O–H groups in total. The molecule has 1 aliphatic carbocycles. The van der Waals surface area contributed by atoms with Crippen LogP contribution in [0.3, 0.4) is 0 Å². The SMILES string of the molecule is O=C(OCC1c2ccccc2-c2ccccc21)N1OCCS1. The highest BCUT2D eigenvalue weighted by molar-refractivity contribution is 7.97. The highest BCUT2D eigenvalue weighted by Crippen LogP contribution is 2.44. The van der Waals surface area contributed by atoms with Gasteiger partial charge in [0.05, 0.1) is 6.61 Å². The second-order valence-electron chi connectivity index (χ2n) is 5.23. The minimum Gasteiger partial charge on any atom is -0.446 e. The van der Waals surface area contributed by atoms with Crippen molar-refractivity contribution in [1.29, 1.82) is 0 Å². The van der Waals surface area contributed by atoms with Crippen LogP contribution in [-0.4, -0.2) is 29.5 Å². The monoisotopic (exact) mass is 313 g/mol. The number of hydrogen-bond acceptors (Lipinski definition) is 4. The van der Waals surface area contributed by atoms with Gasteiger partial charge in [0.15, 0.2) is 0 Å². The summed E-state index contributed by atoms with van der Waals surface area (Å²) in [6.45, 7) is 0.877. The van der Waals surface area contributed by atoms with E-state index < -0.39 is 6.09 Å². The maximum Gasteiger partial charge on any atom is 0.444 e. The maximum atomic E-state index is 12.0. The smallest absolute Gasteiger partial charge is 0.444 e. The fraction of sp³-hybridized carbons (Fsp3) is 0.235. The highest BCUT2D eigenvalue weighted by atomic mass is 32.2. The third-order valence-corrected chi connectivity index (χ3v) is 4.82. The number of ether oxygens (including phenoxy) is 1. The molecule has 1 amide bonds. The van der Waals surface area contributed by atoms with Crippen molar-refractivity contribution < 1.29 is 14.4 Å². The van der Waals surface area contributed by atoms with Crippen molar-refractivity contribution in [2.24, 2.45) is 0 Å². The van der Waals surface area contributed by atoms with E-state index in [-0.39, 0.29) is 5.92 Å². The summed E-state index contributed by atoms with van der Waals surface area (Å²) in [4.78, 5) is 17.2. The maximum absolute atomic E-state index is 12.0. The molecule has 1 aliphatic heterocycles. The molecule has 0 radical (unpaired) electrons. The number of fused-ring (bicyclic) bond motifs is 3. The molecule has 5 heteroatoms. The van der Waals surface area contributed by atoms with Gasteiger partial charge in [0.1, 0.15) is 6.61 Å². The number of amides is 1. The van der Waals surface area contributed by atoms with Crippen LogP contribution in [0.25, 0.3) is 11.1 Å². The normalized spacial score (nSPS) is 16.5. The first-order valence-corrected chi connectivity index (χ1v) is 8.20. The van der Waals surface area contributed by atoms with E-state index in [1.807, 2.05) is 24.3 Å². The number of hydroxylamine groups is 1. The Labute approximate surface area is 133 Å². The summed E-state index contributed by atoms with van der Waals surface area (Å²) in [5.41, 5.74) is 4.88. The Bertz CT molecular complexity index is 667. The lowest BCUT2D eigenvalue weighted by Gasteiger charge is -2.17. The fourth-order valence-electron chi connectivity index (χ4n) is 3.03. The number of benzene rings is 2. The van der Waals surface area contributed by atoms with Gasteiger partial charge in [-0.1, -0.05) is 48.5 Å². The standard InChI is InChI=1S/C17H15NO3S/c19-17(18-21-9-10-22-18)20-11-16-14-7-3-1-5-12(14)13-6-2-4-8-15(13)16/h1-8,16H,9-11H2. The Hall–Kier alpha value is -1.98. The van der Waals surface area contributed by atoms with Crippen LogP contribution in [0.1, 0.15) is 17.0 Å². The predicted octanol–water partition coefficient (Wildman–Crippen LogP) is 3.83. The summed E-state index contributed by atoms with van der Waals surface area (Å²) >= 11 is 1.34. The molecule has 4 rings (SSSR count). The van der Waals surface area contributed by atoms with Gasteiger partial charge < -0.3 is 4.74 Å². The van der Waals surface area contributed by atoms with Gasteiger partial charge in [-0.05, 0) is 34.2 Å². The van der Waals surface area contributed by atoms with Crippen molar-refractivity contribution in [3.63, 3.8) is 0 Å². The van der Waals surface area contributed by atoms with Gasteiger partial charge in [0.25, 0.3) is 0 Å². The van der Waals surface area contributed by atoms with Gasteiger partial charge in [-0.3, -0.25) is 4.84 Å². The topological polar surface area (TPSA) is 38.8 Å². The van der Waals surface area contributed by atoms with Gasteiger partial charge in [-0.2, -0.15) is 0 Å². The third-order valence-electron chi connectivity index (χ3n) is 3.99. The molecule has 22 heavy (non-hydrogen) atoms. The molecule has 0 unspecified atom stereocenters. The second-order valence-corrected chi connectivity index (χ2v) is 6.23. The molecule has 1 fully saturated rings. The minimum absolute atomic E-state index is 0.0870. The van der Waals surface area contributed by atoms with E-state index in [0.29, 0.717) is 13.2 Å². The molecule has 4 nitrogen and oxygen atoms in total. The summed E-state index contributed by atoms with van der Waals surface area (Å²) in [5.74, 6) is 0.869. The summed E-state index contributed by atoms with van der Waals surface area (Å²) in [6.07, 6.45) is -0.427. The molecule has 2 aromatic carbocycles. The number of rotatable bonds is 2. The van der Waals surface area contributed by atoms with Crippen molar-refractivity contribution in [3.8, 4) is 11.1 Å². The van der Waals surface area contributed by atoms with Gasteiger partial charge in [0, 0.05) is 11.7 Å². The second kappa shape index (κ2) is 5.66. The molecule has 1 saturated heterocycles. The highest BCUT2D eigenvalue weighted by Gasteiger charge is 2.30. The zero-order valence-corrected chi connectivity index (χ0v) is 12.7. The van der Waals surface area contributed by atoms with E-state index in [4.69, 9.17) is 9.57 Å². The molecule has 0 atom stereocenters. The average molecular weight is 313 g/mol. The van der Waals surface area contributed by atoms with Crippen LogP contribution in [0, 0.1) is 0 Å². The molecule has 112 valence electrons. The Kier molecular flexibility index (Phi) is 3.52. The molecule has 0 spiro atoms. The molecule has 2 aliphatic rings. The first-order chi connectivity index (χ1) is 10.8. The predicted molar refractivity (Wildman–Crippen MR) is 85.3 cm³/mol. The van der Waals surface area contributed by atoms with Crippen molar-refractivity contribution >= 4 is 18.0 Å². The number of nitrogens with zero attached hydrogens (tertiary/aromatic N) is 1. The molecular formula is C17H15NO3S. The first-order valence-electron chi connectivity index (χ1n) is 7.25. The Morgan fingerprint density at radius 1 is 1.14 bits per heavy atom. The summed E-state index contributed by atoms with van der Waals surface area (Å²) in [7, 11) is 0. The molecule has 0 aromatic heterocycles. The van der Waals surface area contributed by atoms with E-state index in [0.717, 1.165) is 5.75 Å². The van der Waals surface area contributed by atoms with Crippen molar-refractivity contribution in [3.05, 3.63) is 59.7 Å². The minimum atomic E-state index is -0.427. The van der Waals surface area contributed by atoms with Crippen LogP contribution in [0.2, 0.25) is 0 Å². The van der Waals surface area contributed by atoms with Crippen LogP contribution >= 0.6 is 11.9 Å². The number of carbonyl (C=O) groups excluding carboxylic acids is 1. The van der Waals surface area contributed by atoms with Gasteiger partial charge >= 0.3 is 6.09 Å². The fourth-order valence-corrected chi connectivity index (χ4v) is 3.65. The van der Waals surface area contributed by atoms with Crippen LogP contribution < -0.4 is 0 Å². The van der Waals surface area contributed by atoms with Crippen molar-refractivity contribution in [2.75, 3.05) is 19.0 Å². The van der Waals surface area contributed by atoms with Crippen molar-refractivity contribution in [2.45, 2.75) is 5.92 Å². The zero-order chi connectivity index (χ0) is 14.9. The van der Waals surface area contributed by atoms with Crippen molar-refractivity contribution in [1.82, 2.24) is 4.47 Å². The van der Waals surface area contributed by atoms with E-state index in [1.165, 1.54) is 38.7 Å². The third kappa shape index (κ3) is 2.26. The molecular weight excluding hydrogens is 298 g/mol. The summed E-state index contributed by atoms with van der Waals surface area (Å²) < 4.78 is 6.69. The van der Waals surface area contributed by atoms with Gasteiger partial charge in [-0.15, -0.1) is 4.47 Å². The Morgan fingerprint density at radius 2 is 1.77 bits per heavy atom. The summed E-state index contributed by atoms with van der Waals surface area (Å²) in [5, 5.41) is 0. The van der Waals surface area contributed by atoms with Gasteiger partial charge in [-0.25, -0.2) is 4.79 Å². The van der Waals surface area contributed by atoms with E-state index in [9.17, 15) is 4.79 Å². The largest absolute Gasteiger partial charge is 0.446 e. The average Bonchev–Trinajstić information content (AvgIpc) is 3.20. The molecule has 2 aromatic rings. The first kappa shape index (κ1) is 13.7. The van der Waals surface area contributed by atoms with Crippen LogP contribution in [0.5, 0.6) is 0 Å². The Balaban J connectivity index is 1.57. The quantitative estimate of drug-likeness (QED) is 0.790. The lowest BCUT2D eigenvalue weighted by Crippen LogP contribution is -2.23. The van der Waals surface area contributed by atoms with Gasteiger partial charge in [0.2, 0.25) is 0 Å². The van der Waals surface area contributed by atoms with E-state index in [2.05, 4.69) is 24.3 Å². The van der Waals surface area contributed by atoms with Crippen LogP contribution in [0.4, 0.5) is 4.79 Å². The van der Waals surface area contributed by atoms with E-state index >= 15 is 0 Å². The van der Waals surface area contributed by atoms with Crippen LogP contribution in [0.15, 0.2) is 48.5 Å². The molecule has 1 heterocycles. The molecule has 0 saturated carbocycles. The lowest BCUT2D eigenvalue weighted by atomic mass is 9.98. The zero-order valence-electron chi connectivity index (χ0n) is 11.9. The summed E-state index contributed by atoms with van der Waals surface area (Å²) in [6, 6.07) is 16.6. The number of hydrogen-bond donors (Lipinski definition) is 0. The number of carbonyl (C=O) groups is 1. The van der Waals surface area contributed by atoms with Crippen LogP contribution in [-0.2, 0) is 9.57 Å². The lowest BCUT2D eigenvalue weighted by molar-refractivity contribution is -0.0441. The molecule has 0 bridgehead atoms.